The fourth-order valence-corrected chi connectivity index (χ4v) is 3.21. The van der Waals surface area contributed by atoms with Gasteiger partial charge in [0.25, 0.3) is 0 Å². The van der Waals surface area contributed by atoms with Gasteiger partial charge in [0.1, 0.15) is 6.42 Å². The third-order valence-corrected chi connectivity index (χ3v) is 4.32. The van der Waals surface area contributed by atoms with Crippen LogP contribution in [0.5, 0.6) is 0 Å². The number of anilines is 1. The molecule has 0 unspecified atom stereocenters. The van der Waals surface area contributed by atoms with Crippen molar-refractivity contribution in [3.8, 4) is 11.3 Å². The molecule has 0 spiro atoms. The van der Waals surface area contributed by atoms with E-state index >= 15 is 0 Å². The van der Waals surface area contributed by atoms with Crippen LogP contribution >= 0.6 is 11.3 Å². The highest BCUT2D eigenvalue weighted by atomic mass is 32.1. The van der Waals surface area contributed by atoms with Crippen molar-refractivity contribution in [3.63, 3.8) is 0 Å². The summed E-state index contributed by atoms with van der Waals surface area (Å²) in [7, 11) is 0. The fourth-order valence-electron chi connectivity index (χ4n) is 2.58. The van der Waals surface area contributed by atoms with Crippen molar-refractivity contribution in [1.82, 2.24) is 4.98 Å². The van der Waals surface area contributed by atoms with Gasteiger partial charge in [-0.25, -0.2) is 4.98 Å². The Morgan fingerprint density at radius 3 is 2.82 bits per heavy atom. The van der Waals surface area contributed by atoms with Crippen LogP contribution in [0.25, 0.3) is 11.3 Å². The smallest absolute Gasteiger partial charge is 0.312 e. The maximum atomic E-state index is 12.4. The maximum Gasteiger partial charge on any atom is 0.397 e. The number of amides is 1. The molecule has 7 heteroatoms. The van der Waals surface area contributed by atoms with E-state index in [1.807, 2.05) is 18.4 Å². The first kappa shape index (κ1) is 15.0. The molecule has 0 fully saturated rings. The number of nitrogens with zero attached hydrogens (tertiary/aromatic N) is 2. The molecule has 2 aromatic rings. The predicted octanol–water partition coefficient (Wildman–Crippen LogP) is 3.96. The third kappa shape index (κ3) is 2.99. The Kier molecular flexibility index (Phi) is 3.68. The highest BCUT2D eigenvalue weighted by Gasteiger charge is 2.35. The van der Waals surface area contributed by atoms with Crippen molar-refractivity contribution in [2.24, 2.45) is 0 Å². The Hall–Kier alpha value is -1.89. The normalized spacial score (nSPS) is 14.3. The zero-order valence-electron chi connectivity index (χ0n) is 11.8. The van der Waals surface area contributed by atoms with Crippen molar-refractivity contribution in [3.05, 3.63) is 34.2 Å². The molecule has 0 saturated heterocycles. The minimum atomic E-state index is -4.47. The lowest BCUT2D eigenvalue weighted by molar-refractivity contribution is -0.151. The first-order chi connectivity index (χ1) is 10.3. The molecule has 1 amide bonds. The average Bonchev–Trinajstić information content (AvgIpc) is 3.01. The summed E-state index contributed by atoms with van der Waals surface area (Å²) < 4.78 is 37.1. The molecule has 3 nitrogen and oxygen atoms in total. The van der Waals surface area contributed by atoms with Crippen LogP contribution in [0.4, 0.5) is 18.9 Å². The van der Waals surface area contributed by atoms with E-state index in [2.05, 4.69) is 4.98 Å². The number of aromatic nitrogens is 1. The first-order valence-electron chi connectivity index (χ1n) is 6.76. The number of aryl methyl sites for hydroxylation is 1. The van der Waals surface area contributed by atoms with Crippen LogP contribution < -0.4 is 4.90 Å². The molecule has 3 rings (SSSR count). The SMILES string of the molecule is Cc1nc(-c2ccc3c(c2)CCN3C(=O)CC(F)(F)F)cs1. The van der Waals surface area contributed by atoms with Crippen LogP contribution in [0.1, 0.15) is 17.0 Å². The zero-order valence-corrected chi connectivity index (χ0v) is 12.6. The van der Waals surface area contributed by atoms with Gasteiger partial charge in [0.05, 0.1) is 10.7 Å². The number of rotatable bonds is 2. The van der Waals surface area contributed by atoms with Crippen molar-refractivity contribution in [1.29, 1.82) is 0 Å². The van der Waals surface area contributed by atoms with Crippen LogP contribution in [0, 0.1) is 6.92 Å². The van der Waals surface area contributed by atoms with Gasteiger partial charge in [-0.15, -0.1) is 11.3 Å². The Balaban J connectivity index is 1.85. The number of hydrogen-bond donors (Lipinski definition) is 0. The summed E-state index contributed by atoms with van der Waals surface area (Å²) >= 11 is 1.54. The zero-order chi connectivity index (χ0) is 15.9. The van der Waals surface area contributed by atoms with Gasteiger partial charge in [0.15, 0.2) is 0 Å². The number of fused-ring (bicyclic) bond motifs is 1. The molecule has 0 atom stereocenters. The Morgan fingerprint density at radius 2 is 2.18 bits per heavy atom. The summed E-state index contributed by atoms with van der Waals surface area (Å²) in [5.74, 6) is -0.900. The van der Waals surface area contributed by atoms with E-state index in [1.54, 1.807) is 23.5 Å². The molecule has 0 saturated carbocycles. The minimum Gasteiger partial charge on any atom is -0.312 e. The second kappa shape index (κ2) is 5.39. The maximum absolute atomic E-state index is 12.4. The van der Waals surface area contributed by atoms with E-state index in [9.17, 15) is 18.0 Å². The highest BCUT2D eigenvalue weighted by molar-refractivity contribution is 7.09. The Labute approximate surface area is 129 Å². The summed E-state index contributed by atoms with van der Waals surface area (Å²) in [6, 6.07) is 5.41. The van der Waals surface area contributed by atoms with Gasteiger partial charge in [-0.05, 0) is 31.0 Å². The van der Waals surface area contributed by atoms with Crippen molar-refractivity contribution >= 4 is 22.9 Å². The van der Waals surface area contributed by atoms with E-state index in [0.717, 1.165) is 21.8 Å². The summed E-state index contributed by atoms with van der Waals surface area (Å²) in [5.41, 5.74) is 3.24. The second-order valence-electron chi connectivity index (χ2n) is 5.18. The molecular formula is C15H13F3N2OS. The fraction of sp³-hybridized carbons (Fsp3) is 0.333. The second-order valence-corrected chi connectivity index (χ2v) is 6.24. The van der Waals surface area contributed by atoms with Gasteiger partial charge in [-0.3, -0.25) is 4.79 Å². The lowest BCUT2D eigenvalue weighted by Crippen LogP contribution is -2.32. The molecular weight excluding hydrogens is 313 g/mol. The molecule has 1 aromatic carbocycles. The lowest BCUT2D eigenvalue weighted by atomic mass is 10.1. The molecule has 0 bridgehead atoms. The molecule has 1 aliphatic rings. The van der Waals surface area contributed by atoms with Gasteiger partial charge < -0.3 is 4.90 Å². The van der Waals surface area contributed by atoms with Crippen LogP contribution in [-0.4, -0.2) is 23.6 Å². The number of alkyl halides is 3. The number of benzene rings is 1. The largest absolute Gasteiger partial charge is 0.397 e. The summed E-state index contributed by atoms with van der Waals surface area (Å²) in [5, 5.41) is 2.90. The van der Waals surface area contributed by atoms with Gasteiger partial charge in [-0.2, -0.15) is 13.2 Å². The summed E-state index contributed by atoms with van der Waals surface area (Å²) in [6.07, 6.45) is -5.33. The van der Waals surface area contributed by atoms with Crippen LogP contribution in [0.2, 0.25) is 0 Å². The lowest BCUT2D eigenvalue weighted by Gasteiger charge is -2.18. The van der Waals surface area contributed by atoms with E-state index in [4.69, 9.17) is 0 Å². The molecule has 116 valence electrons. The van der Waals surface area contributed by atoms with Gasteiger partial charge in [0.2, 0.25) is 5.91 Å². The highest BCUT2D eigenvalue weighted by Crippen LogP contribution is 2.34. The van der Waals surface area contributed by atoms with Gasteiger partial charge in [0, 0.05) is 23.2 Å². The molecule has 1 aromatic heterocycles. The van der Waals surface area contributed by atoms with E-state index in [0.29, 0.717) is 18.7 Å². The number of hydrogen-bond acceptors (Lipinski definition) is 3. The van der Waals surface area contributed by atoms with Crippen molar-refractivity contribution < 1.29 is 18.0 Å². The molecule has 0 radical (unpaired) electrons. The monoisotopic (exact) mass is 326 g/mol. The van der Waals surface area contributed by atoms with Crippen LogP contribution in [-0.2, 0) is 11.2 Å². The van der Waals surface area contributed by atoms with Crippen molar-refractivity contribution in [2.45, 2.75) is 25.9 Å². The Bertz CT molecular complexity index is 724. The van der Waals surface area contributed by atoms with Crippen LogP contribution in [0.3, 0.4) is 0 Å². The van der Waals surface area contributed by atoms with Gasteiger partial charge >= 0.3 is 6.18 Å². The number of carbonyl (C=O) groups is 1. The van der Waals surface area contributed by atoms with Crippen molar-refractivity contribution in [2.75, 3.05) is 11.4 Å². The molecule has 0 N–H and O–H groups in total. The third-order valence-electron chi connectivity index (χ3n) is 3.54. The van der Waals surface area contributed by atoms with E-state index in [1.165, 1.54) is 4.90 Å². The number of carbonyl (C=O) groups excluding carboxylic acids is 1. The molecule has 22 heavy (non-hydrogen) atoms. The number of thiazole rings is 1. The number of halogens is 3. The van der Waals surface area contributed by atoms with E-state index in [-0.39, 0.29) is 0 Å². The average molecular weight is 326 g/mol. The molecule has 2 heterocycles. The molecule has 1 aliphatic heterocycles. The Morgan fingerprint density at radius 1 is 1.41 bits per heavy atom. The molecule has 0 aliphatic carbocycles. The summed E-state index contributed by atoms with van der Waals surface area (Å²) in [6.45, 7) is 2.21. The quantitative estimate of drug-likeness (QED) is 0.837. The van der Waals surface area contributed by atoms with Crippen LogP contribution in [0.15, 0.2) is 23.6 Å². The van der Waals surface area contributed by atoms with E-state index < -0.39 is 18.5 Å². The van der Waals surface area contributed by atoms with Gasteiger partial charge in [-0.1, -0.05) is 6.07 Å². The predicted molar refractivity (Wildman–Crippen MR) is 79.0 cm³/mol. The minimum absolute atomic E-state index is 0.295. The summed E-state index contributed by atoms with van der Waals surface area (Å²) in [4.78, 5) is 17.4. The topological polar surface area (TPSA) is 33.2 Å². The first-order valence-corrected chi connectivity index (χ1v) is 7.64. The standard InChI is InChI=1S/C15H13F3N2OS/c1-9-19-12(8-22-9)10-2-3-13-11(6-10)4-5-20(13)14(21)7-15(16,17)18/h2-3,6,8H,4-5,7H2,1H3.